The molecule has 0 aliphatic heterocycles. The summed E-state index contributed by atoms with van der Waals surface area (Å²) >= 11 is 1.57. The number of ketones is 1. The van der Waals surface area contributed by atoms with Crippen molar-refractivity contribution in [2.24, 2.45) is 0 Å². The molecule has 0 aromatic carbocycles. The molecule has 0 amide bonds. The summed E-state index contributed by atoms with van der Waals surface area (Å²) in [4.78, 5) is 10.9. The molecule has 0 fully saturated rings. The van der Waals surface area contributed by atoms with Crippen LogP contribution in [0, 0.1) is 18.3 Å². The number of aryl methyl sites for hydroxylation is 1. The summed E-state index contributed by atoms with van der Waals surface area (Å²) in [6.07, 6.45) is 0.327. The first-order chi connectivity index (χ1) is 6.15. The average molecular weight is 193 g/mol. The first-order valence-electron chi connectivity index (χ1n) is 4.07. The van der Waals surface area contributed by atoms with Gasteiger partial charge in [-0.1, -0.05) is 0 Å². The topological polar surface area (TPSA) is 40.9 Å². The third-order valence-electron chi connectivity index (χ3n) is 1.92. The summed E-state index contributed by atoms with van der Waals surface area (Å²) in [6, 6.07) is 2.16. The van der Waals surface area contributed by atoms with E-state index in [1.807, 2.05) is 17.7 Å². The van der Waals surface area contributed by atoms with E-state index < -0.39 is 0 Å². The molecule has 1 aromatic heterocycles. The van der Waals surface area contributed by atoms with Crippen molar-refractivity contribution in [3.8, 4) is 6.07 Å². The SMILES string of the molecule is CC(=O)CC(C#N)c1cscc1C. The van der Waals surface area contributed by atoms with Crippen LogP contribution in [0.1, 0.15) is 30.4 Å². The normalized spacial score (nSPS) is 12.1. The molecule has 1 heterocycles. The van der Waals surface area contributed by atoms with Gasteiger partial charge in [-0.3, -0.25) is 4.79 Å². The van der Waals surface area contributed by atoms with E-state index in [0.717, 1.165) is 11.1 Å². The number of nitrogens with zero attached hydrogens (tertiary/aromatic N) is 1. The second-order valence-corrected chi connectivity index (χ2v) is 3.84. The van der Waals surface area contributed by atoms with Gasteiger partial charge >= 0.3 is 0 Å². The van der Waals surface area contributed by atoms with E-state index in [4.69, 9.17) is 5.26 Å². The van der Waals surface area contributed by atoms with Crippen molar-refractivity contribution < 1.29 is 4.79 Å². The fraction of sp³-hybridized carbons (Fsp3) is 0.400. The Balaban J connectivity index is 2.86. The molecule has 2 nitrogen and oxygen atoms in total. The van der Waals surface area contributed by atoms with Gasteiger partial charge in [0, 0.05) is 6.42 Å². The molecule has 1 rings (SSSR count). The highest BCUT2D eigenvalue weighted by Crippen LogP contribution is 2.25. The van der Waals surface area contributed by atoms with Crippen molar-refractivity contribution in [3.05, 3.63) is 21.9 Å². The number of carbonyl (C=O) groups excluding carboxylic acids is 1. The van der Waals surface area contributed by atoms with Crippen LogP contribution in [0.15, 0.2) is 10.8 Å². The molecule has 68 valence electrons. The fourth-order valence-corrected chi connectivity index (χ4v) is 2.14. The van der Waals surface area contributed by atoms with Crippen LogP contribution in [-0.4, -0.2) is 5.78 Å². The second-order valence-electron chi connectivity index (χ2n) is 3.10. The predicted octanol–water partition coefficient (Wildman–Crippen LogP) is 2.64. The van der Waals surface area contributed by atoms with Gasteiger partial charge in [-0.2, -0.15) is 16.6 Å². The molecule has 0 N–H and O–H groups in total. The summed E-state index contributed by atoms with van der Waals surface area (Å²) in [5, 5.41) is 12.8. The first-order valence-corrected chi connectivity index (χ1v) is 5.01. The molecule has 1 atom stereocenters. The Morgan fingerprint density at radius 1 is 1.69 bits per heavy atom. The van der Waals surface area contributed by atoms with Crippen LogP contribution in [0.5, 0.6) is 0 Å². The largest absolute Gasteiger partial charge is 0.300 e. The van der Waals surface area contributed by atoms with E-state index in [9.17, 15) is 4.79 Å². The third kappa shape index (κ3) is 2.40. The number of nitriles is 1. The summed E-state index contributed by atoms with van der Waals surface area (Å²) in [5.74, 6) is -0.194. The number of Topliss-reactive ketones (excluding diaryl/α,β-unsaturated/α-hetero) is 1. The lowest BCUT2D eigenvalue weighted by Gasteiger charge is -2.05. The number of carbonyl (C=O) groups is 1. The van der Waals surface area contributed by atoms with E-state index in [1.54, 1.807) is 11.3 Å². The van der Waals surface area contributed by atoms with Crippen LogP contribution >= 0.6 is 11.3 Å². The zero-order chi connectivity index (χ0) is 9.84. The summed E-state index contributed by atoms with van der Waals surface area (Å²) in [6.45, 7) is 3.49. The summed E-state index contributed by atoms with van der Waals surface area (Å²) < 4.78 is 0. The molecular formula is C10H11NOS. The molecule has 3 heteroatoms. The van der Waals surface area contributed by atoms with Crippen molar-refractivity contribution in [1.82, 2.24) is 0 Å². The van der Waals surface area contributed by atoms with Crippen LogP contribution in [0.3, 0.4) is 0 Å². The van der Waals surface area contributed by atoms with Gasteiger partial charge in [-0.15, -0.1) is 0 Å². The number of hydrogen-bond donors (Lipinski definition) is 0. The number of hydrogen-bond acceptors (Lipinski definition) is 3. The molecular weight excluding hydrogens is 182 g/mol. The monoisotopic (exact) mass is 193 g/mol. The lowest BCUT2D eigenvalue weighted by Crippen LogP contribution is -2.02. The second kappa shape index (κ2) is 4.20. The molecule has 0 bridgehead atoms. The van der Waals surface area contributed by atoms with Crippen molar-refractivity contribution >= 4 is 17.1 Å². The van der Waals surface area contributed by atoms with Crippen molar-refractivity contribution in [1.29, 1.82) is 5.26 Å². The lowest BCUT2D eigenvalue weighted by atomic mass is 9.95. The van der Waals surface area contributed by atoms with E-state index in [1.165, 1.54) is 6.92 Å². The van der Waals surface area contributed by atoms with Crippen molar-refractivity contribution in [3.63, 3.8) is 0 Å². The minimum atomic E-state index is -0.260. The fourth-order valence-electron chi connectivity index (χ4n) is 1.24. The Kier molecular flexibility index (Phi) is 3.21. The van der Waals surface area contributed by atoms with Gasteiger partial charge in [0.05, 0.1) is 12.0 Å². The highest BCUT2D eigenvalue weighted by molar-refractivity contribution is 7.08. The van der Waals surface area contributed by atoms with Crippen LogP contribution in [0.25, 0.3) is 0 Å². The molecule has 0 saturated carbocycles. The zero-order valence-electron chi connectivity index (χ0n) is 7.70. The smallest absolute Gasteiger partial charge is 0.131 e. The first kappa shape index (κ1) is 9.94. The number of rotatable bonds is 3. The van der Waals surface area contributed by atoms with E-state index >= 15 is 0 Å². The minimum absolute atomic E-state index is 0.0668. The predicted molar refractivity (Wildman–Crippen MR) is 52.7 cm³/mol. The Bertz CT molecular complexity index is 348. The minimum Gasteiger partial charge on any atom is -0.300 e. The van der Waals surface area contributed by atoms with Gasteiger partial charge in [-0.05, 0) is 35.7 Å². The Morgan fingerprint density at radius 2 is 2.38 bits per heavy atom. The van der Waals surface area contributed by atoms with Crippen molar-refractivity contribution in [2.75, 3.05) is 0 Å². The Morgan fingerprint density at radius 3 is 2.77 bits per heavy atom. The molecule has 13 heavy (non-hydrogen) atoms. The highest BCUT2D eigenvalue weighted by atomic mass is 32.1. The molecule has 0 aliphatic carbocycles. The quantitative estimate of drug-likeness (QED) is 0.740. The maximum Gasteiger partial charge on any atom is 0.131 e. The van der Waals surface area contributed by atoms with Gasteiger partial charge in [0.25, 0.3) is 0 Å². The molecule has 1 unspecified atom stereocenters. The van der Waals surface area contributed by atoms with Crippen LogP contribution in [0.4, 0.5) is 0 Å². The van der Waals surface area contributed by atoms with E-state index in [2.05, 4.69) is 6.07 Å². The van der Waals surface area contributed by atoms with Gasteiger partial charge in [0.1, 0.15) is 5.78 Å². The van der Waals surface area contributed by atoms with Crippen LogP contribution in [0.2, 0.25) is 0 Å². The number of thiophene rings is 1. The van der Waals surface area contributed by atoms with Gasteiger partial charge < -0.3 is 0 Å². The van der Waals surface area contributed by atoms with E-state index in [-0.39, 0.29) is 11.7 Å². The standard InChI is InChI=1S/C10H11NOS/c1-7-5-13-6-10(7)9(4-11)3-8(2)12/h5-6,9H,3H2,1-2H3. The zero-order valence-corrected chi connectivity index (χ0v) is 8.52. The van der Waals surface area contributed by atoms with Crippen molar-refractivity contribution in [2.45, 2.75) is 26.2 Å². The third-order valence-corrected chi connectivity index (χ3v) is 2.80. The molecule has 0 radical (unpaired) electrons. The molecule has 0 saturated heterocycles. The highest BCUT2D eigenvalue weighted by Gasteiger charge is 2.15. The Labute approximate surface area is 81.8 Å². The van der Waals surface area contributed by atoms with Crippen LogP contribution < -0.4 is 0 Å². The van der Waals surface area contributed by atoms with Crippen LogP contribution in [-0.2, 0) is 4.79 Å². The van der Waals surface area contributed by atoms with Gasteiger partial charge in [-0.25, -0.2) is 0 Å². The lowest BCUT2D eigenvalue weighted by molar-refractivity contribution is -0.117. The molecule has 0 aliphatic rings. The Hall–Kier alpha value is -1.14. The molecule has 1 aromatic rings. The van der Waals surface area contributed by atoms with E-state index in [0.29, 0.717) is 6.42 Å². The average Bonchev–Trinajstić information content (AvgIpc) is 2.47. The molecule has 0 spiro atoms. The van der Waals surface area contributed by atoms with Gasteiger partial charge in [0.2, 0.25) is 0 Å². The van der Waals surface area contributed by atoms with Gasteiger partial charge in [0.15, 0.2) is 0 Å². The summed E-state index contributed by atoms with van der Waals surface area (Å²) in [5.41, 5.74) is 2.11. The maximum atomic E-state index is 10.9. The summed E-state index contributed by atoms with van der Waals surface area (Å²) in [7, 11) is 0. The maximum absolute atomic E-state index is 10.9.